The van der Waals surface area contributed by atoms with E-state index in [2.05, 4.69) is 10.1 Å². The normalized spacial score (nSPS) is 25.0. The molecule has 1 fully saturated rings. The zero-order chi connectivity index (χ0) is 11.7. The number of hydrogen-bond acceptors (Lipinski definition) is 5. The predicted octanol–water partition coefficient (Wildman–Crippen LogP) is 2.78. The maximum absolute atomic E-state index is 6.11. The molecule has 5 heteroatoms. The SMILES string of the molecule is NC1CCCCC1c1nc(-c2ccsc2)no1. The van der Waals surface area contributed by atoms with Crippen LogP contribution in [0, 0.1) is 0 Å². The molecule has 2 unspecified atom stereocenters. The van der Waals surface area contributed by atoms with Crippen LogP contribution in [0.25, 0.3) is 11.4 Å². The topological polar surface area (TPSA) is 64.9 Å². The summed E-state index contributed by atoms with van der Waals surface area (Å²) in [6.45, 7) is 0. The third-order valence-electron chi connectivity index (χ3n) is 3.36. The molecule has 2 atom stereocenters. The second-order valence-corrected chi connectivity index (χ2v) is 5.30. The zero-order valence-electron chi connectivity index (χ0n) is 9.50. The second-order valence-electron chi connectivity index (χ2n) is 4.52. The fraction of sp³-hybridized carbons (Fsp3) is 0.500. The molecule has 0 spiro atoms. The van der Waals surface area contributed by atoms with Gasteiger partial charge >= 0.3 is 0 Å². The Morgan fingerprint density at radius 3 is 3.00 bits per heavy atom. The quantitative estimate of drug-likeness (QED) is 0.888. The minimum absolute atomic E-state index is 0.166. The first-order chi connectivity index (χ1) is 8.34. The number of rotatable bonds is 2. The molecule has 1 saturated carbocycles. The fourth-order valence-corrected chi connectivity index (χ4v) is 3.00. The second kappa shape index (κ2) is 4.58. The lowest BCUT2D eigenvalue weighted by Crippen LogP contribution is -2.31. The first-order valence-electron chi connectivity index (χ1n) is 5.96. The summed E-state index contributed by atoms with van der Waals surface area (Å²) in [5.74, 6) is 1.63. The number of nitrogens with zero attached hydrogens (tertiary/aromatic N) is 2. The van der Waals surface area contributed by atoms with Gasteiger partial charge in [-0.15, -0.1) is 0 Å². The van der Waals surface area contributed by atoms with Gasteiger partial charge in [0.05, 0.1) is 5.92 Å². The Bertz CT molecular complexity index is 480. The third kappa shape index (κ3) is 2.12. The summed E-state index contributed by atoms with van der Waals surface area (Å²) >= 11 is 1.63. The third-order valence-corrected chi connectivity index (χ3v) is 4.04. The monoisotopic (exact) mass is 249 g/mol. The van der Waals surface area contributed by atoms with Crippen molar-refractivity contribution in [3.8, 4) is 11.4 Å². The minimum Gasteiger partial charge on any atom is -0.339 e. The van der Waals surface area contributed by atoms with E-state index in [1.54, 1.807) is 11.3 Å². The van der Waals surface area contributed by atoms with E-state index in [1.807, 2.05) is 16.8 Å². The van der Waals surface area contributed by atoms with E-state index in [9.17, 15) is 0 Å². The van der Waals surface area contributed by atoms with Crippen molar-refractivity contribution in [2.75, 3.05) is 0 Å². The highest BCUT2D eigenvalue weighted by atomic mass is 32.1. The Labute approximate surface area is 104 Å². The lowest BCUT2D eigenvalue weighted by Gasteiger charge is -2.25. The minimum atomic E-state index is 0.166. The van der Waals surface area contributed by atoms with Crippen LogP contribution in [0.3, 0.4) is 0 Å². The molecule has 2 N–H and O–H groups in total. The molecule has 0 aromatic carbocycles. The van der Waals surface area contributed by atoms with Crippen LogP contribution >= 0.6 is 11.3 Å². The van der Waals surface area contributed by atoms with Crippen LogP contribution < -0.4 is 5.73 Å². The molecule has 0 aliphatic heterocycles. The average Bonchev–Trinajstić information content (AvgIpc) is 3.00. The molecule has 2 heterocycles. The first-order valence-corrected chi connectivity index (χ1v) is 6.90. The van der Waals surface area contributed by atoms with Crippen LogP contribution in [0.2, 0.25) is 0 Å². The molecule has 1 aliphatic rings. The standard InChI is InChI=1S/C12H15N3OS/c13-10-4-2-1-3-9(10)12-14-11(15-16-12)8-5-6-17-7-8/h5-7,9-10H,1-4,13H2. The molecule has 90 valence electrons. The molecule has 1 aliphatic carbocycles. The van der Waals surface area contributed by atoms with E-state index in [1.165, 1.54) is 12.8 Å². The van der Waals surface area contributed by atoms with Crippen molar-refractivity contribution in [3.63, 3.8) is 0 Å². The van der Waals surface area contributed by atoms with E-state index in [4.69, 9.17) is 10.3 Å². The van der Waals surface area contributed by atoms with Crippen LogP contribution in [-0.4, -0.2) is 16.2 Å². The Balaban J connectivity index is 1.84. The summed E-state index contributed by atoms with van der Waals surface area (Å²) in [4.78, 5) is 4.48. The van der Waals surface area contributed by atoms with Crippen molar-refractivity contribution in [3.05, 3.63) is 22.7 Å². The Morgan fingerprint density at radius 1 is 1.35 bits per heavy atom. The van der Waals surface area contributed by atoms with E-state index in [0.717, 1.165) is 18.4 Å². The van der Waals surface area contributed by atoms with Gasteiger partial charge in [0.15, 0.2) is 0 Å². The summed E-state index contributed by atoms with van der Waals surface area (Å²) in [6, 6.07) is 2.17. The molecule has 0 saturated heterocycles. The maximum Gasteiger partial charge on any atom is 0.231 e. The van der Waals surface area contributed by atoms with Crippen molar-refractivity contribution < 1.29 is 4.52 Å². The van der Waals surface area contributed by atoms with Gasteiger partial charge in [-0.05, 0) is 24.3 Å². The fourth-order valence-electron chi connectivity index (χ4n) is 2.36. The zero-order valence-corrected chi connectivity index (χ0v) is 10.3. The summed E-state index contributed by atoms with van der Waals surface area (Å²) in [5, 5.41) is 8.07. The van der Waals surface area contributed by atoms with Gasteiger partial charge in [-0.3, -0.25) is 0 Å². The van der Waals surface area contributed by atoms with Gasteiger partial charge in [-0.1, -0.05) is 18.0 Å². The van der Waals surface area contributed by atoms with Crippen LogP contribution in [0.1, 0.15) is 37.5 Å². The Hall–Kier alpha value is -1.20. The van der Waals surface area contributed by atoms with Crippen LogP contribution in [-0.2, 0) is 0 Å². The Kier molecular flexibility index (Phi) is 2.94. The van der Waals surface area contributed by atoms with Crippen molar-refractivity contribution in [1.82, 2.24) is 10.1 Å². The van der Waals surface area contributed by atoms with Crippen molar-refractivity contribution in [2.45, 2.75) is 37.6 Å². The molecule has 17 heavy (non-hydrogen) atoms. The number of nitrogens with two attached hydrogens (primary N) is 1. The summed E-state index contributed by atoms with van der Waals surface area (Å²) < 4.78 is 5.36. The molecule has 2 aromatic heterocycles. The molecule has 0 bridgehead atoms. The first kappa shape index (κ1) is 10.9. The lowest BCUT2D eigenvalue weighted by atomic mass is 9.85. The molecule has 3 rings (SSSR count). The smallest absolute Gasteiger partial charge is 0.231 e. The van der Waals surface area contributed by atoms with Gasteiger partial charge < -0.3 is 10.3 Å². The molecular weight excluding hydrogens is 234 g/mol. The highest BCUT2D eigenvalue weighted by Crippen LogP contribution is 2.32. The lowest BCUT2D eigenvalue weighted by molar-refractivity contribution is 0.290. The highest BCUT2D eigenvalue weighted by molar-refractivity contribution is 7.08. The summed E-state index contributed by atoms with van der Waals surface area (Å²) in [7, 11) is 0. The van der Waals surface area contributed by atoms with Crippen LogP contribution in [0.5, 0.6) is 0 Å². The van der Waals surface area contributed by atoms with E-state index >= 15 is 0 Å². The van der Waals surface area contributed by atoms with Crippen LogP contribution in [0.4, 0.5) is 0 Å². The number of aromatic nitrogens is 2. The van der Waals surface area contributed by atoms with Gasteiger partial charge in [-0.2, -0.15) is 16.3 Å². The van der Waals surface area contributed by atoms with Gasteiger partial charge in [0.2, 0.25) is 11.7 Å². The van der Waals surface area contributed by atoms with E-state index < -0.39 is 0 Å². The molecular formula is C12H15N3OS. The van der Waals surface area contributed by atoms with Crippen molar-refractivity contribution >= 4 is 11.3 Å². The molecule has 0 amide bonds. The van der Waals surface area contributed by atoms with Crippen molar-refractivity contribution in [1.29, 1.82) is 0 Å². The van der Waals surface area contributed by atoms with Gasteiger partial charge in [0.25, 0.3) is 0 Å². The maximum atomic E-state index is 6.11. The van der Waals surface area contributed by atoms with Crippen LogP contribution in [0.15, 0.2) is 21.3 Å². The largest absolute Gasteiger partial charge is 0.339 e. The van der Waals surface area contributed by atoms with Gasteiger partial charge in [0, 0.05) is 17.0 Å². The summed E-state index contributed by atoms with van der Waals surface area (Å²) in [5.41, 5.74) is 7.14. The highest BCUT2D eigenvalue weighted by Gasteiger charge is 2.28. The number of hydrogen-bond donors (Lipinski definition) is 1. The van der Waals surface area contributed by atoms with Gasteiger partial charge in [-0.25, -0.2) is 0 Å². The van der Waals surface area contributed by atoms with Gasteiger partial charge in [0.1, 0.15) is 0 Å². The summed E-state index contributed by atoms with van der Waals surface area (Å²) in [6.07, 6.45) is 4.53. The number of thiophene rings is 1. The Morgan fingerprint density at radius 2 is 2.24 bits per heavy atom. The molecule has 0 radical (unpaired) electrons. The predicted molar refractivity (Wildman–Crippen MR) is 66.8 cm³/mol. The molecule has 2 aromatic rings. The van der Waals surface area contributed by atoms with Crippen molar-refractivity contribution in [2.24, 2.45) is 5.73 Å². The van der Waals surface area contributed by atoms with E-state index in [-0.39, 0.29) is 12.0 Å². The van der Waals surface area contributed by atoms with E-state index in [0.29, 0.717) is 11.7 Å². The molecule has 4 nitrogen and oxygen atoms in total. The average molecular weight is 249 g/mol.